The highest BCUT2D eigenvalue weighted by atomic mass is 35.5. The number of hydrogen-bond acceptors (Lipinski definition) is 2. The van der Waals surface area contributed by atoms with Gasteiger partial charge in [0, 0.05) is 35.9 Å². The quantitative estimate of drug-likeness (QED) is 0.796. The zero-order chi connectivity index (χ0) is 12.3. The van der Waals surface area contributed by atoms with Crippen LogP contribution in [0.25, 0.3) is 0 Å². The van der Waals surface area contributed by atoms with Gasteiger partial charge in [-0.15, -0.1) is 0 Å². The molecule has 2 aromatic rings. The molecular weight excluding hydrogens is 259 g/mol. The van der Waals surface area contributed by atoms with Gasteiger partial charge in [0.25, 0.3) is 0 Å². The van der Waals surface area contributed by atoms with E-state index < -0.39 is 0 Å². The third kappa shape index (κ3) is 3.08. The maximum atomic E-state index is 11.9. The Bertz CT molecular complexity index is 523. The van der Waals surface area contributed by atoms with Gasteiger partial charge in [-0.1, -0.05) is 23.2 Å². The van der Waals surface area contributed by atoms with E-state index in [-0.39, 0.29) is 5.78 Å². The van der Waals surface area contributed by atoms with E-state index in [1.807, 2.05) is 10.8 Å². The minimum absolute atomic E-state index is 0.000340. The first-order valence-corrected chi connectivity index (χ1v) is 5.86. The number of hydrogen-bond donors (Lipinski definition) is 0. The number of aryl methyl sites for hydroxylation is 1. The van der Waals surface area contributed by atoms with Crippen molar-refractivity contribution in [3.05, 3.63) is 52.5 Å². The topological polar surface area (TPSA) is 34.9 Å². The van der Waals surface area contributed by atoms with Gasteiger partial charge in [-0.3, -0.25) is 4.79 Å². The van der Waals surface area contributed by atoms with Crippen LogP contribution < -0.4 is 0 Å². The molecule has 0 aliphatic heterocycles. The van der Waals surface area contributed by atoms with Crippen molar-refractivity contribution in [2.24, 2.45) is 0 Å². The number of ketones is 1. The predicted octanol–water partition coefficient (Wildman–Crippen LogP) is 3.46. The number of carbonyl (C=O) groups excluding carboxylic acids is 1. The summed E-state index contributed by atoms with van der Waals surface area (Å²) in [5.74, 6) is 0.000340. The first-order valence-electron chi connectivity index (χ1n) is 5.11. The Morgan fingerprint density at radius 3 is 2.82 bits per heavy atom. The number of imidazole rings is 1. The van der Waals surface area contributed by atoms with Gasteiger partial charge in [0.15, 0.2) is 5.78 Å². The molecule has 0 fully saturated rings. The molecule has 2 rings (SSSR count). The van der Waals surface area contributed by atoms with E-state index in [0.29, 0.717) is 28.6 Å². The van der Waals surface area contributed by atoms with Crippen molar-refractivity contribution < 1.29 is 4.79 Å². The van der Waals surface area contributed by atoms with Crippen LogP contribution in [-0.2, 0) is 6.54 Å². The first-order chi connectivity index (χ1) is 8.16. The molecule has 0 radical (unpaired) electrons. The summed E-state index contributed by atoms with van der Waals surface area (Å²) < 4.78 is 1.85. The van der Waals surface area contributed by atoms with Gasteiger partial charge >= 0.3 is 0 Å². The fourth-order valence-electron chi connectivity index (χ4n) is 1.50. The molecule has 0 spiro atoms. The number of halogens is 2. The average Bonchev–Trinajstić information content (AvgIpc) is 2.78. The minimum Gasteiger partial charge on any atom is -0.337 e. The molecule has 0 aliphatic carbocycles. The zero-order valence-corrected chi connectivity index (χ0v) is 10.4. The Balaban J connectivity index is 2.04. The summed E-state index contributed by atoms with van der Waals surface area (Å²) >= 11 is 11.7. The third-order valence-corrected chi connectivity index (χ3v) is 2.94. The van der Waals surface area contributed by atoms with E-state index in [9.17, 15) is 4.79 Å². The summed E-state index contributed by atoms with van der Waals surface area (Å²) in [7, 11) is 0. The maximum Gasteiger partial charge on any atom is 0.166 e. The summed E-state index contributed by atoms with van der Waals surface area (Å²) in [4.78, 5) is 15.8. The number of benzene rings is 1. The molecule has 0 aliphatic rings. The van der Waals surface area contributed by atoms with Gasteiger partial charge in [-0.25, -0.2) is 4.98 Å². The van der Waals surface area contributed by atoms with Crippen LogP contribution in [0, 0.1) is 0 Å². The van der Waals surface area contributed by atoms with Crippen LogP contribution in [0.4, 0.5) is 0 Å². The molecule has 3 nitrogen and oxygen atoms in total. The minimum atomic E-state index is 0.000340. The van der Waals surface area contributed by atoms with Crippen molar-refractivity contribution in [2.45, 2.75) is 13.0 Å². The van der Waals surface area contributed by atoms with Crippen molar-refractivity contribution in [3.63, 3.8) is 0 Å². The molecule has 0 saturated carbocycles. The van der Waals surface area contributed by atoms with Crippen LogP contribution in [0.1, 0.15) is 16.8 Å². The zero-order valence-electron chi connectivity index (χ0n) is 8.94. The molecule has 88 valence electrons. The van der Waals surface area contributed by atoms with Gasteiger partial charge in [-0.05, 0) is 18.2 Å². The van der Waals surface area contributed by atoms with Gasteiger partial charge < -0.3 is 4.57 Å². The van der Waals surface area contributed by atoms with E-state index in [1.54, 1.807) is 30.7 Å². The molecule has 0 amide bonds. The van der Waals surface area contributed by atoms with Gasteiger partial charge in [0.2, 0.25) is 0 Å². The lowest BCUT2D eigenvalue weighted by Gasteiger charge is -2.04. The fraction of sp³-hybridized carbons (Fsp3) is 0.167. The van der Waals surface area contributed by atoms with E-state index in [1.165, 1.54) is 0 Å². The van der Waals surface area contributed by atoms with Crippen LogP contribution in [0.5, 0.6) is 0 Å². The second kappa shape index (κ2) is 5.34. The summed E-state index contributed by atoms with van der Waals surface area (Å²) in [5.41, 5.74) is 0.510. The number of Topliss-reactive ketones (excluding diaryl/α,β-unsaturated/α-hetero) is 1. The second-order valence-corrected chi connectivity index (χ2v) is 4.44. The standard InChI is InChI=1S/C12H10Cl2N2O/c13-9-1-2-10(11(14)7-9)12(17)3-5-16-6-4-15-8-16/h1-2,4,6-8H,3,5H2. The van der Waals surface area contributed by atoms with Crippen molar-refractivity contribution in [1.82, 2.24) is 9.55 Å². The summed E-state index contributed by atoms with van der Waals surface area (Å²) in [6.45, 7) is 0.595. The SMILES string of the molecule is O=C(CCn1ccnc1)c1ccc(Cl)cc1Cl. The lowest BCUT2D eigenvalue weighted by molar-refractivity contribution is 0.0977. The molecule has 1 aromatic heterocycles. The molecule has 0 atom stereocenters. The number of carbonyl (C=O) groups is 1. The number of rotatable bonds is 4. The number of aromatic nitrogens is 2. The average molecular weight is 269 g/mol. The molecular formula is C12H10Cl2N2O. The van der Waals surface area contributed by atoms with Crippen molar-refractivity contribution in [2.75, 3.05) is 0 Å². The lowest BCUT2D eigenvalue weighted by Crippen LogP contribution is -2.05. The molecule has 0 bridgehead atoms. The smallest absolute Gasteiger partial charge is 0.166 e. The Morgan fingerprint density at radius 1 is 1.35 bits per heavy atom. The molecule has 1 aromatic carbocycles. The molecule has 5 heteroatoms. The van der Waals surface area contributed by atoms with Crippen LogP contribution >= 0.6 is 23.2 Å². The number of nitrogens with zero attached hydrogens (tertiary/aromatic N) is 2. The third-order valence-electron chi connectivity index (χ3n) is 2.39. The highest BCUT2D eigenvalue weighted by Gasteiger charge is 2.10. The van der Waals surface area contributed by atoms with Crippen molar-refractivity contribution in [1.29, 1.82) is 0 Å². The van der Waals surface area contributed by atoms with Crippen molar-refractivity contribution in [3.8, 4) is 0 Å². The Morgan fingerprint density at radius 2 is 2.18 bits per heavy atom. The largest absolute Gasteiger partial charge is 0.337 e. The monoisotopic (exact) mass is 268 g/mol. The second-order valence-electron chi connectivity index (χ2n) is 3.60. The van der Waals surface area contributed by atoms with E-state index in [2.05, 4.69) is 4.98 Å². The predicted molar refractivity (Wildman–Crippen MR) is 67.6 cm³/mol. The summed E-state index contributed by atoms with van der Waals surface area (Å²) in [6.07, 6.45) is 5.56. The van der Waals surface area contributed by atoms with Crippen LogP contribution in [0.3, 0.4) is 0 Å². The van der Waals surface area contributed by atoms with E-state index in [4.69, 9.17) is 23.2 Å². The summed E-state index contributed by atoms with van der Waals surface area (Å²) in [5, 5.41) is 0.925. The highest BCUT2D eigenvalue weighted by molar-refractivity contribution is 6.36. The first kappa shape index (κ1) is 12.1. The van der Waals surface area contributed by atoms with Crippen molar-refractivity contribution >= 4 is 29.0 Å². The van der Waals surface area contributed by atoms with E-state index in [0.717, 1.165) is 0 Å². The van der Waals surface area contributed by atoms with Crippen LogP contribution in [0.15, 0.2) is 36.9 Å². The fourth-order valence-corrected chi connectivity index (χ4v) is 2.01. The van der Waals surface area contributed by atoms with Gasteiger partial charge in [0.05, 0.1) is 11.3 Å². The van der Waals surface area contributed by atoms with Gasteiger partial charge in [0.1, 0.15) is 0 Å². The lowest BCUT2D eigenvalue weighted by atomic mass is 10.1. The highest BCUT2D eigenvalue weighted by Crippen LogP contribution is 2.22. The maximum absolute atomic E-state index is 11.9. The van der Waals surface area contributed by atoms with Gasteiger partial charge in [-0.2, -0.15) is 0 Å². The normalized spacial score (nSPS) is 10.5. The molecule has 0 N–H and O–H groups in total. The Hall–Kier alpha value is -1.32. The Labute approximate surface area is 109 Å². The molecule has 0 saturated heterocycles. The summed E-state index contributed by atoms with van der Waals surface area (Å²) in [6, 6.07) is 4.90. The van der Waals surface area contributed by atoms with Crippen LogP contribution in [0.2, 0.25) is 10.0 Å². The Kier molecular flexibility index (Phi) is 3.82. The molecule has 17 heavy (non-hydrogen) atoms. The molecule has 0 unspecified atom stereocenters. The van der Waals surface area contributed by atoms with Crippen LogP contribution in [-0.4, -0.2) is 15.3 Å². The molecule has 1 heterocycles. The van der Waals surface area contributed by atoms with E-state index >= 15 is 0 Å².